The lowest BCUT2D eigenvalue weighted by molar-refractivity contribution is 0.288. The average Bonchev–Trinajstić information content (AvgIpc) is 2.99. The van der Waals surface area contributed by atoms with Crippen molar-refractivity contribution in [3.05, 3.63) is 72.7 Å². The highest BCUT2D eigenvalue weighted by Gasteiger charge is 2.14. The predicted molar refractivity (Wildman–Crippen MR) is 91.6 cm³/mol. The molecule has 0 atom stereocenters. The second kappa shape index (κ2) is 5.46. The van der Waals surface area contributed by atoms with Crippen LogP contribution in [0, 0.1) is 0 Å². The van der Waals surface area contributed by atoms with Crippen molar-refractivity contribution in [2.75, 3.05) is 0 Å². The van der Waals surface area contributed by atoms with E-state index >= 15 is 0 Å². The van der Waals surface area contributed by atoms with Gasteiger partial charge in [-0.2, -0.15) is 0 Å². The number of nitrogens with zero attached hydrogens (tertiary/aromatic N) is 1. The van der Waals surface area contributed by atoms with Gasteiger partial charge in [0.05, 0.1) is 16.5 Å². The van der Waals surface area contributed by atoms with Crippen LogP contribution < -0.4 is 4.65 Å². The molecule has 23 heavy (non-hydrogen) atoms. The maximum Gasteiger partial charge on any atom is 0.707 e. The van der Waals surface area contributed by atoms with Crippen LogP contribution in [0.15, 0.2) is 72.7 Å². The number of rotatable bonds is 3. The van der Waals surface area contributed by atoms with Crippen LogP contribution in [0.25, 0.3) is 27.5 Å². The zero-order valence-corrected chi connectivity index (χ0v) is 11.9. The van der Waals surface area contributed by atoms with Crippen LogP contribution in [-0.2, 0) is 0 Å². The topological polar surface area (TPSA) is 54.6 Å². The van der Waals surface area contributed by atoms with E-state index in [0.717, 1.165) is 21.8 Å². The number of para-hydroxylation sites is 2. The van der Waals surface area contributed by atoms with Gasteiger partial charge in [0.25, 0.3) is 0 Å². The predicted octanol–water partition coefficient (Wildman–Crippen LogP) is 3.13. The molecule has 0 bridgehead atoms. The monoisotopic (exact) mass is 307 g/mol. The molecule has 0 aliphatic rings. The minimum Gasteiger partial charge on any atom is -0.512 e. The molecule has 0 aliphatic carbocycles. The maximum absolute atomic E-state index is 9.13. The van der Waals surface area contributed by atoms with Crippen LogP contribution in [0.5, 0.6) is 5.75 Å². The highest BCUT2D eigenvalue weighted by atomic mass is 16.6. The van der Waals surface area contributed by atoms with E-state index in [0.29, 0.717) is 0 Å². The fraction of sp³-hybridized carbons (Fsp3) is 0. The Bertz CT molecular complexity index is 1140. The van der Waals surface area contributed by atoms with E-state index in [1.165, 1.54) is 0 Å². The SMILES string of the molecule is [2H]c1c([2H])c(OB(O)O)c([2H])c(-n2c3ccccc3c3ccccc32)c1[2H]. The molecule has 2 N–H and O–H groups in total. The van der Waals surface area contributed by atoms with Gasteiger partial charge in [-0.1, -0.05) is 42.4 Å². The van der Waals surface area contributed by atoms with Gasteiger partial charge in [-0.15, -0.1) is 0 Å². The van der Waals surface area contributed by atoms with Gasteiger partial charge in [0.2, 0.25) is 0 Å². The van der Waals surface area contributed by atoms with Crippen LogP contribution in [-0.4, -0.2) is 21.9 Å². The molecular weight excluding hydrogens is 289 g/mol. The van der Waals surface area contributed by atoms with Crippen LogP contribution in [0.3, 0.4) is 0 Å². The molecule has 0 radical (unpaired) electrons. The Labute approximate surface area is 139 Å². The summed E-state index contributed by atoms with van der Waals surface area (Å²) in [5.41, 5.74) is 1.51. The molecule has 0 aliphatic heterocycles. The minimum absolute atomic E-state index is 0.0454. The zero-order valence-electron chi connectivity index (χ0n) is 15.9. The van der Waals surface area contributed by atoms with E-state index in [9.17, 15) is 0 Å². The first-order chi connectivity index (χ1) is 12.9. The van der Waals surface area contributed by atoms with Crippen molar-refractivity contribution in [3.8, 4) is 11.4 Å². The summed E-state index contributed by atoms with van der Waals surface area (Å²) in [5.74, 6) is -0.456. The average molecular weight is 307 g/mol. The third-order valence-electron chi connectivity index (χ3n) is 3.62. The van der Waals surface area contributed by atoms with E-state index in [2.05, 4.69) is 0 Å². The quantitative estimate of drug-likeness (QED) is 0.572. The Hall–Kier alpha value is -2.76. The Morgan fingerprint density at radius 3 is 2.13 bits per heavy atom. The van der Waals surface area contributed by atoms with Crippen molar-refractivity contribution >= 4 is 29.1 Å². The molecule has 112 valence electrons. The molecule has 4 aromatic rings. The van der Waals surface area contributed by atoms with Crippen molar-refractivity contribution in [2.24, 2.45) is 0 Å². The number of hydrogen-bond acceptors (Lipinski definition) is 3. The lowest BCUT2D eigenvalue weighted by atomic mass is 10.2. The number of hydrogen-bond donors (Lipinski definition) is 2. The first-order valence-electron chi connectivity index (χ1n) is 9.03. The smallest absolute Gasteiger partial charge is 0.512 e. The number of fused-ring (bicyclic) bond motifs is 3. The fourth-order valence-electron chi connectivity index (χ4n) is 2.76. The normalized spacial score (nSPS) is 13.5. The lowest BCUT2D eigenvalue weighted by Crippen LogP contribution is -2.20. The maximum atomic E-state index is 9.13. The van der Waals surface area contributed by atoms with Crippen LogP contribution in [0.4, 0.5) is 0 Å². The number of aromatic nitrogens is 1. The van der Waals surface area contributed by atoms with Gasteiger partial charge in [-0.3, -0.25) is 0 Å². The molecule has 1 aromatic heterocycles. The summed E-state index contributed by atoms with van der Waals surface area (Å²) < 4.78 is 39.3. The van der Waals surface area contributed by atoms with Crippen LogP contribution in [0.1, 0.15) is 5.48 Å². The first-order valence-corrected chi connectivity index (χ1v) is 7.03. The molecule has 0 saturated carbocycles. The Kier molecular flexibility index (Phi) is 2.40. The molecule has 0 spiro atoms. The molecule has 1 heterocycles. The third-order valence-corrected chi connectivity index (χ3v) is 3.62. The minimum atomic E-state index is -2.24. The van der Waals surface area contributed by atoms with Crippen LogP contribution in [0.2, 0.25) is 0 Å². The largest absolute Gasteiger partial charge is 0.707 e. The number of benzene rings is 3. The van der Waals surface area contributed by atoms with E-state index in [1.54, 1.807) is 4.57 Å². The highest BCUT2D eigenvalue weighted by Crippen LogP contribution is 2.32. The van der Waals surface area contributed by atoms with Gasteiger partial charge in [-0.05, 0) is 24.2 Å². The van der Waals surface area contributed by atoms with Gasteiger partial charge in [0.1, 0.15) is 5.75 Å². The van der Waals surface area contributed by atoms with Gasteiger partial charge < -0.3 is 19.3 Å². The van der Waals surface area contributed by atoms with Crippen molar-refractivity contribution in [1.82, 2.24) is 4.57 Å². The van der Waals surface area contributed by atoms with Gasteiger partial charge in [0.15, 0.2) is 0 Å². The van der Waals surface area contributed by atoms with Crippen molar-refractivity contribution < 1.29 is 20.2 Å². The molecule has 0 saturated heterocycles. The Balaban J connectivity index is 2.17. The lowest BCUT2D eigenvalue weighted by Gasteiger charge is -2.10. The molecular formula is C18H14BNO3. The molecule has 5 heteroatoms. The summed E-state index contributed by atoms with van der Waals surface area (Å²) in [6.07, 6.45) is 0. The summed E-state index contributed by atoms with van der Waals surface area (Å²) in [4.78, 5) is 0. The standard InChI is InChI=1S/C18H14BNO3/c21-19(22)23-14-7-5-6-13(12-14)20-17-10-3-1-8-15(17)16-9-2-4-11-18(16)20/h1-12,21-22H/i5D,6D,7D,12D. The first kappa shape index (κ1) is 10.1. The fourth-order valence-corrected chi connectivity index (χ4v) is 2.76. The van der Waals surface area contributed by atoms with Crippen molar-refractivity contribution in [3.63, 3.8) is 0 Å². The molecule has 4 nitrogen and oxygen atoms in total. The molecule has 3 aromatic carbocycles. The van der Waals surface area contributed by atoms with Gasteiger partial charge >= 0.3 is 7.32 Å². The molecule has 0 unspecified atom stereocenters. The second-order valence-electron chi connectivity index (χ2n) is 4.99. The van der Waals surface area contributed by atoms with Crippen molar-refractivity contribution in [1.29, 1.82) is 0 Å². The Morgan fingerprint density at radius 2 is 1.52 bits per heavy atom. The second-order valence-corrected chi connectivity index (χ2v) is 4.99. The summed E-state index contributed by atoms with van der Waals surface area (Å²) in [5, 5.41) is 20.1. The molecule has 0 fully saturated rings. The molecule has 0 amide bonds. The molecule has 4 rings (SSSR count). The van der Waals surface area contributed by atoms with Crippen LogP contribution >= 0.6 is 0 Å². The summed E-state index contributed by atoms with van der Waals surface area (Å²) in [6.45, 7) is 0. The third kappa shape index (κ3) is 2.36. The van der Waals surface area contributed by atoms with Gasteiger partial charge in [-0.25, -0.2) is 0 Å². The van der Waals surface area contributed by atoms with E-state index < -0.39 is 25.2 Å². The van der Waals surface area contributed by atoms with Gasteiger partial charge in [0, 0.05) is 22.5 Å². The highest BCUT2D eigenvalue weighted by molar-refractivity contribution is 6.33. The zero-order chi connectivity index (χ0) is 19.3. The summed E-state index contributed by atoms with van der Waals surface area (Å²) in [7, 11) is -2.24. The van der Waals surface area contributed by atoms with E-state index in [-0.39, 0.29) is 17.8 Å². The Morgan fingerprint density at radius 1 is 0.913 bits per heavy atom. The van der Waals surface area contributed by atoms with E-state index in [4.69, 9.17) is 20.2 Å². The summed E-state index contributed by atoms with van der Waals surface area (Å²) in [6, 6.07) is 13.3. The van der Waals surface area contributed by atoms with Crippen molar-refractivity contribution in [2.45, 2.75) is 0 Å². The van der Waals surface area contributed by atoms with E-state index in [1.807, 2.05) is 48.5 Å². The summed E-state index contributed by atoms with van der Waals surface area (Å²) >= 11 is 0.